The Morgan fingerprint density at radius 3 is 2.46 bits per heavy atom. The van der Waals surface area contributed by atoms with Gasteiger partial charge in [-0.25, -0.2) is 9.50 Å². The van der Waals surface area contributed by atoms with Crippen LogP contribution in [-0.2, 0) is 0 Å². The van der Waals surface area contributed by atoms with E-state index in [1.54, 1.807) is 28.9 Å². The second kappa shape index (κ2) is 10.2. The number of fused-ring (bicyclic) bond motifs is 1. The Balaban J connectivity index is 1.74. The lowest BCUT2D eigenvalue weighted by atomic mass is 10.1. The number of aromatic nitrogens is 3. The molecule has 0 aliphatic carbocycles. The summed E-state index contributed by atoms with van der Waals surface area (Å²) < 4.78 is 18.5. The number of aryl methyl sites for hydroxylation is 2. The number of carbonyl (C=O) groups is 1. The van der Waals surface area contributed by atoms with Crippen LogP contribution in [0, 0.1) is 13.8 Å². The fourth-order valence-corrected chi connectivity index (χ4v) is 4.11. The molecule has 4 rings (SSSR count). The maximum atomic E-state index is 13.1. The number of carbonyl (C=O) groups excluding carboxylic acids is 1. The summed E-state index contributed by atoms with van der Waals surface area (Å²) in [5.74, 6) is 1.51. The summed E-state index contributed by atoms with van der Waals surface area (Å²) in [5, 5.41) is 8.02. The van der Waals surface area contributed by atoms with Gasteiger partial charge in [0, 0.05) is 16.8 Å². The van der Waals surface area contributed by atoms with Gasteiger partial charge in [0.15, 0.2) is 17.1 Å². The number of benzene rings is 2. The zero-order valence-corrected chi connectivity index (χ0v) is 21.1. The number of ether oxygens (including phenoxy) is 3. The molecular formula is C26H27ClN4O4. The van der Waals surface area contributed by atoms with Crippen LogP contribution < -0.4 is 19.5 Å². The number of hydrogen-bond acceptors (Lipinski definition) is 6. The van der Waals surface area contributed by atoms with E-state index in [0.29, 0.717) is 58.1 Å². The lowest BCUT2D eigenvalue weighted by Crippen LogP contribution is -2.16. The van der Waals surface area contributed by atoms with E-state index in [-0.39, 0.29) is 5.91 Å². The Morgan fingerprint density at radius 1 is 1.03 bits per heavy atom. The Morgan fingerprint density at radius 2 is 1.74 bits per heavy atom. The van der Waals surface area contributed by atoms with Gasteiger partial charge in [-0.05, 0) is 63.6 Å². The molecule has 2 aromatic heterocycles. The lowest BCUT2D eigenvalue weighted by molar-refractivity contribution is 0.102. The molecule has 2 aromatic carbocycles. The van der Waals surface area contributed by atoms with Gasteiger partial charge in [0.1, 0.15) is 5.75 Å². The highest BCUT2D eigenvalue weighted by molar-refractivity contribution is 6.31. The van der Waals surface area contributed by atoms with Crippen molar-refractivity contribution < 1.29 is 19.0 Å². The number of nitrogens with one attached hydrogen (secondary N) is 1. The number of nitrogens with zero attached hydrogens (tertiary/aromatic N) is 3. The summed E-state index contributed by atoms with van der Waals surface area (Å²) in [5.41, 5.74) is 4.69. The van der Waals surface area contributed by atoms with E-state index < -0.39 is 0 Å². The summed E-state index contributed by atoms with van der Waals surface area (Å²) in [4.78, 5) is 17.7. The molecule has 0 bridgehead atoms. The molecule has 8 nitrogen and oxygen atoms in total. The Kier molecular flexibility index (Phi) is 7.12. The molecule has 0 saturated heterocycles. The molecule has 0 radical (unpaired) electrons. The van der Waals surface area contributed by atoms with E-state index >= 15 is 0 Å². The van der Waals surface area contributed by atoms with E-state index in [1.807, 2.05) is 45.9 Å². The predicted octanol–water partition coefficient (Wildman–Crippen LogP) is 5.72. The van der Waals surface area contributed by atoms with E-state index in [9.17, 15) is 4.79 Å². The monoisotopic (exact) mass is 494 g/mol. The van der Waals surface area contributed by atoms with Crippen LogP contribution in [0.1, 0.15) is 35.6 Å². The summed E-state index contributed by atoms with van der Waals surface area (Å²) >= 11 is 6.10. The average Bonchev–Trinajstić information content (AvgIpc) is 3.17. The molecule has 1 N–H and O–H groups in total. The Labute approximate surface area is 208 Å². The van der Waals surface area contributed by atoms with Gasteiger partial charge in [-0.15, -0.1) is 0 Å². The van der Waals surface area contributed by atoms with Crippen molar-refractivity contribution in [3.63, 3.8) is 0 Å². The van der Waals surface area contributed by atoms with Gasteiger partial charge in [0.2, 0.25) is 0 Å². The Bertz CT molecular complexity index is 1400. The summed E-state index contributed by atoms with van der Waals surface area (Å²) in [7, 11) is 1.53. The highest BCUT2D eigenvalue weighted by Crippen LogP contribution is 2.36. The van der Waals surface area contributed by atoms with Crippen molar-refractivity contribution in [2.45, 2.75) is 27.7 Å². The first-order valence-corrected chi connectivity index (χ1v) is 11.7. The van der Waals surface area contributed by atoms with Gasteiger partial charge in [0.25, 0.3) is 5.91 Å². The SMILES string of the molecule is CCOc1ccc(-c2c(C)nn3c(C)c(C(=O)Nc4cc(Cl)ccc4OC)cnc23)cc1OCC. The third-order valence-electron chi connectivity index (χ3n) is 5.55. The molecule has 0 fully saturated rings. The first-order valence-electron chi connectivity index (χ1n) is 11.3. The number of methoxy groups -OCH3 is 1. The third kappa shape index (κ3) is 4.74. The molecule has 2 heterocycles. The number of halogens is 1. The second-order valence-electron chi connectivity index (χ2n) is 7.78. The van der Waals surface area contributed by atoms with Gasteiger partial charge >= 0.3 is 0 Å². The first-order chi connectivity index (χ1) is 16.9. The van der Waals surface area contributed by atoms with Crippen molar-refractivity contribution >= 4 is 28.8 Å². The highest BCUT2D eigenvalue weighted by atomic mass is 35.5. The minimum Gasteiger partial charge on any atom is -0.495 e. The Hall–Kier alpha value is -3.78. The summed E-state index contributed by atoms with van der Waals surface area (Å²) in [6, 6.07) is 10.8. The molecule has 9 heteroatoms. The fourth-order valence-electron chi connectivity index (χ4n) is 3.94. The fraction of sp³-hybridized carbons (Fsp3) is 0.269. The molecule has 0 atom stereocenters. The standard InChI is InChI=1S/C26H27ClN4O4/c1-6-34-22-10-8-17(12-23(22)35-7-2)24-15(3)30-31-16(4)19(14-28-25(24)31)26(32)29-20-13-18(27)9-11-21(20)33-5/h8-14H,6-7H2,1-5H3,(H,29,32). The van der Waals surface area contributed by atoms with Crippen LogP contribution in [0.5, 0.6) is 17.2 Å². The molecular weight excluding hydrogens is 468 g/mol. The van der Waals surface area contributed by atoms with Gasteiger partial charge in [-0.3, -0.25) is 4.79 Å². The van der Waals surface area contributed by atoms with Crippen LogP contribution in [0.4, 0.5) is 5.69 Å². The first kappa shape index (κ1) is 24.3. The van der Waals surface area contributed by atoms with Crippen molar-refractivity contribution in [1.29, 1.82) is 0 Å². The van der Waals surface area contributed by atoms with Crippen molar-refractivity contribution in [1.82, 2.24) is 14.6 Å². The van der Waals surface area contributed by atoms with Gasteiger partial charge in [0.05, 0.1) is 43.0 Å². The maximum absolute atomic E-state index is 13.1. The smallest absolute Gasteiger partial charge is 0.259 e. The summed E-state index contributed by atoms with van der Waals surface area (Å²) in [6.45, 7) is 8.67. The normalized spacial score (nSPS) is 10.9. The van der Waals surface area contributed by atoms with E-state index in [1.165, 1.54) is 7.11 Å². The molecule has 0 unspecified atom stereocenters. The van der Waals surface area contributed by atoms with Crippen LogP contribution in [-0.4, -0.2) is 40.8 Å². The quantitative estimate of drug-likeness (QED) is 0.337. The van der Waals surface area contributed by atoms with Crippen molar-refractivity contribution in [3.05, 3.63) is 64.6 Å². The molecule has 0 aliphatic rings. The third-order valence-corrected chi connectivity index (χ3v) is 5.78. The predicted molar refractivity (Wildman–Crippen MR) is 136 cm³/mol. The molecule has 0 aliphatic heterocycles. The highest BCUT2D eigenvalue weighted by Gasteiger charge is 2.21. The number of rotatable bonds is 8. The van der Waals surface area contributed by atoms with E-state index in [4.69, 9.17) is 25.8 Å². The number of amides is 1. The molecule has 182 valence electrons. The van der Waals surface area contributed by atoms with Gasteiger partial charge in [-0.2, -0.15) is 5.10 Å². The minimum atomic E-state index is -0.341. The molecule has 4 aromatic rings. The molecule has 0 spiro atoms. The average molecular weight is 495 g/mol. The van der Waals surface area contributed by atoms with E-state index in [0.717, 1.165) is 16.8 Å². The van der Waals surface area contributed by atoms with Gasteiger partial charge < -0.3 is 19.5 Å². The molecule has 1 amide bonds. The maximum Gasteiger partial charge on any atom is 0.259 e. The van der Waals surface area contributed by atoms with Gasteiger partial charge in [-0.1, -0.05) is 17.7 Å². The number of anilines is 1. The van der Waals surface area contributed by atoms with Crippen LogP contribution in [0.3, 0.4) is 0 Å². The van der Waals surface area contributed by atoms with Crippen molar-refractivity contribution in [2.24, 2.45) is 0 Å². The molecule has 0 saturated carbocycles. The van der Waals surface area contributed by atoms with Crippen LogP contribution in [0.25, 0.3) is 16.8 Å². The van der Waals surface area contributed by atoms with Crippen LogP contribution >= 0.6 is 11.6 Å². The lowest BCUT2D eigenvalue weighted by Gasteiger charge is -2.13. The molecule has 35 heavy (non-hydrogen) atoms. The topological polar surface area (TPSA) is 87.0 Å². The van der Waals surface area contributed by atoms with E-state index in [2.05, 4.69) is 15.4 Å². The van der Waals surface area contributed by atoms with Crippen LogP contribution in [0.15, 0.2) is 42.6 Å². The van der Waals surface area contributed by atoms with Crippen molar-refractivity contribution in [3.8, 4) is 28.4 Å². The second-order valence-corrected chi connectivity index (χ2v) is 8.22. The largest absolute Gasteiger partial charge is 0.495 e. The van der Waals surface area contributed by atoms with Crippen LogP contribution in [0.2, 0.25) is 5.02 Å². The number of hydrogen-bond donors (Lipinski definition) is 1. The zero-order valence-electron chi connectivity index (χ0n) is 20.3. The summed E-state index contributed by atoms with van der Waals surface area (Å²) in [6.07, 6.45) is 1.56. The zero-order chi connectivity index (χ0) is 25.1. The van der Waals surface area contributed by atoms with Crippen molar-refractivity contribution in [2.75, 3.05) is 25.6 Å². The minimum absolute atomic E-state index is 0.341.